The zero-order chi connectivity index (χ0) is 16.4. The van der Waals surface area contributed by atoms with Crippen molar-refractivity contribution in [2.45, 2.75) is 46.1 Å². The Hall–Kier alpha value is -1.90. The Morgan fingerprint density at radius 3 is 2.35 bits per heavy atom. The van der Waals surface area contributed by atoms with Gasteiger partial charge in [0.25, 0.3) is 0 Å². The molecule has 1 aromatic carbocycles. The molecule has 0 fully saturated rings. The van der Waals surface area contributed by atoms with E-state index in [0.29, 0.717) is 17.0 Å². The molecule has 3 unspecified atom stereocenters. The Morgan fingerprint density at radius 1 is 1.04 bits per heavy atom. The Balaban J connectivity index is 1.72. The largest absolute Gasteiger partial charge is 0.485 e. The molecule has 120 valence electrons. The zero-order valence-electron chi connectivity index (χ0n) is 13.9. The van der Waals surface area contributed by atoms with Gasteiger partial charge in [-0.15, -0.1) is 0 Å². The summed E-state index contributed by atoms with van der Waals surface area (Å²) in [4.78, 5) is 25.7. The topological polar surface area (TPSA) is 43.4 Å². The maximum Gasteiger partial charge on any atom is 0.205 e. The first kappa shape index (κ1) is 14.7. The first-order valence-corrected chi connectivity index (χ1v) is 8.44. The summed E-state index contributed by atoms with van der Waals surface area (Å²) in [5.41, 5.74) is 2.38. The minimum atomic E-state index is -0.624. The van der Waals surface area contributed by atoms with Gasteiger partial charge in [0.15, 0.2) is 11.9 Å². The van der Waals surface area contributed by atoms with E-state index in [1.165, 1.54) is 0 Å². The van der Waals surface area contributed by atoms with E-state index in [2.05, 4.69) is 20.8 Å². The van der Waals surface area contributed by atoms with E-state index in [1.54, 1.807) is 12.1 Å². The lowest BCUT2D eigenvalue weighted by atomic mass is 9.69. The van der Waals surface area contributed by atoms with E-state index in [1.807, 2.05) is 12.1 Å². The van der Waals surface area contributed by atoms with Crippen LogP contribution in [0.15, 0.2) is 35.6 Å². The summed E-state index contributed by atoms with van der Waals surface area (Å²) in [5.74, 6) is 1.10. The second-order valence-electron chi connectivity index (χ2n) is 8.04. The first-order valence-electron chi connectivity index (χ1n) is 8.44. The van der Waals surface area contributed by atoms with E-state index in [9.17, 15) is 9.59 Å². The third kappa shape index (κ3) is 2.09. The number of carbonyl (C=O) groups excluding carboxylic acids is 2. The Morgan fingerprint density at radius 2 is 1.70 bits per heavy atom. The molecule has 0 bridgehead atoms. The van der Waals surface area contributed by atoms with Crippen LogP contribution >= 0.6 is 0 Å². The van der Waals surface area contributed by atoms with Crippen molar-refractivity contribution in [3.8, 4) is 0 Å². The monoisotopic (exact) mass is 310 g/mol. The number of rotatable bonds is 0. The van der Waals surface area contributed by atoms with Crippen LogP contribution in [-0.4, -0.2) is 17.7 Å². The van der Waals surface area contributed by atoms with Crippen molar-refractivity contribution >= 4 is 11.6 Å². The van der Waals surface area contributed by atoms with Gasteiger partial charge in [-0.1, -0.05) is 45.0 Å². The second kappa shape index (κ2) is 4.80. The number of ketones is 2. The van der Waals surface area contributed by atoms with Crippen molar-refractivity contribution in [3.05, 3.63) is 46.7 Å². The van der Waals surface area contributed by atoms with Crippen LogP contribution in [0.3, 0.4) is 0 Å². The molecule has 1 aliphatic heterocycles. The third-order valence-corrected chi connectivity index (χ3v) is 5.72. The summed E-state index contributed by atoms with van der Waals surface area (Å²) in [6.45, 7) is 6.74. The highest BCUT2D eigenvalue weighted by Crippen LogP contribution is 2.49. The molecule has 0 saturated heterocycles. The van der Waals surface area contributed by atoms with Gasteiger partial charge in [0.1, 0.15) is 0 Å². The van der Waals surface area contributed by atoms with Gasteiger partial charge in [0.2, 0.25) is 5.78 Å². The summed E-state index contributed by atoms with van der Waals surface area (Å²) in [6, 6.07) is 7.14. The fourth-order valence-electron chi connectivity index (χ4n) is 4.26. The minimum Gasteiger partial charge on any atom is -0.485 e. The molecule has 3 atom stereocenters. The summed E-state index contributed by atoms with van der Waals surface area (Å²) >= 11 is 0. The van der Waals surface area contributed by atoms with Crippen LogP contribution in [0.1, 0.15) is 60.7 Å². The highest BCUT2D eigenvalue weighted by atomic mass is 16.5. The van der Waals surface area contributed by atoms with E-state index < -0.39 is 6.10 Å². The molecule has 0 N–H and O–H groups in total. The van der Waals surface area contributed by atoms with Crippen LogP contribution in [0.5, 0.6) is 0 Å². The van der Waals surface area contributed by atoms with Gasteiger partial charge in [0, 0.05) is 17.5 Å². The molecule has 3 heteroatoms. The zero-order valence-corrected chi connectivity index (χ0v) is 13.9. The lowest BCUT2D eigenvalue weighted by Gasteiger charge is -2.34. The number of benzene rings is 1. The van der Waals surface area contributed by atoms with Gasteiger partial charge in [-0.05, 0) is 29.7 Å². The molecular weight excluding hydrogens is 288 g/mol. The fourth-order valence-corrected chi connectivity index (χ4v) is 4.26. The third-order valence-electron chi connectivity index (χ3n) is 5.72. The molecule has 0 saturated carbocycles. The van der Waals surface area contributed by atoms with E-state index >= 15 is 0 Å². The standard InChI is InChI=1S/C20H22O3/c1-20(2,3)11-8-9-14-15(10-11)23-19-16(14)17(21)12-6-4-5-7-13(12)18(19)22/h4-7,11,16,19H,8-10H2,1-3H3. The number of ether oxygens (including phenoxy) is 1. The summed E-state index contributed by atoms with van der Waals surface area (Å²) in [6.07, 6.45) is 2.17. The average molecular weight is 310 g/mol. The van der Waals surface area contributed by atoms with Crippen LogP contribution in [0.25, 0.3) is 0 Å². The normalized spacial score (nSPS) is 29.8. The highest BCUT2D eigenvalue weighted by molar-refractivity contribution is 6.18. The van der Waals surface area contributed by atoms with Crippen LogP contribution in [0.4, 0.5) is 0 Å². The minimum absolute atomic E-state index is 0.0353. The Labute approximate surface area is 136 Å². The molecule has 3 nitrogen and oxygen atoms in total. The van der Waals surface area contributed by atoms with Gasteiger partial charge in [-0.3, -0.25) is 9.59 Å². The Bertz CT molecular complexity index is 735. The smallest absolute Gasteiger partial charge is 0.205 e. The van der Waals surface area contributed by atoms with Crippen LogP contribution in [0, 0.1) is 17.3 Å². The lowest BCUT2D eigenvalue weighted by molar-refractivity contribution is 0.0515. The molecule has 2 aliphatic carbocycles. The molecule has 4 rings (SSSR count). The number of fused-ring (bicyclic) bond motifs is 3. The predicted octanol–water partition coefficient (Wildman–Crippen LogP) is 4.18. The van der Waals surface area contributed by atoms with Gasteiger partial charge in [-0.25, -0.2) is 0 Å². The highest BCUT2D eigenvalue weighted by Gasteiger charge is 2.51. The van der Waals surface area contributed by atoms with Gasteiger partial charge in [-0.2, -0.15) is 0 Å². The van der Waals surface area contributed by atoms with Crippen LogP contribution in [-0.2, 0) is 4.74 Å². The number of allylic oxidation sites excluding steroid dienone is 1. The predicted molar refractivity (Wildman–Crippen MR) is 87.3 cm³/mol. The molecule has 23 heavy (non-hydrogen) atoms. The second-order valence-corrected chi connectivity index (χ2v) is 8.04. The van der Waals surface area contributed by atoms with Crippen molar-refractivity contribution in [1.82, 2.24) is 0 Å². The number of hydrogen-bond donors (Lipinski definition) is 0. The van der Waals surface area contributed by atoms with E-state index in [4.69, 9.17) is 4.74 Å². The molecule has 1 heterocycles. The van der Waals surface area contributed by atoms with E-state index in [0.717, 1.165) is 30.6 Å². The average Bonchev–Trinajstić information content (AvgIpc) is 2.91. The SMILES string of the molecule is CC(C)(C)C1CCC2=C(C1)OC1C(=O)c3ccccc3C(=O)C21. The van der Waals surface area contributed by atoms with Gasteiger partial charge >= 0.3 is 0 Å². The van der Waals surface area contributed by atoms with Crippen molar-refractivity contribution in [1.29, 1.82) is 0 Å². The van der Waals surface area contributed by atoms with Crippen molar-refractivity contribution in [3.63, 3.8) is 0 Å². The quantitative estimate of drug-likeness (QED) is 0.722. The molecule has 0 radical (unpaired) electrons. The van der Waals surface area contributed by atoms with Gasteiger partial charge in [0.05, 0.1) is 11.7 Å². The first-order chi connectivity index (χ1) is 10.9. The molecule has 3 aliphatic rings. The Kier molecular flexibility index (Phi) is 3.06. The van der Waals surface area contributed by atoms with Crippen LogP contribution in [0.2, 0.25) is 0 Å². The van der Waals surface area contributed by atoms with Crippen molar-refractivity contribution in [2.24, 2.45) is 17.3 Å². The maximum atomic E-state index is 12.9. The summed E-state index contributed by atoms with van der Waals surface area (Å²) < 4.78 is 6.04. The van der Waals surface area contributed by atoms with Crippen LogP contribution < -0.4 is 0 Å². The number of Topliss-reactive ketones (excluding diaryl/α,β-unsaturated/α-hetero) is 2. The molecule has 0 spiro atoms. The molecule has 0 amide bonds. The van der Waals surface area contributed by atoms with Crippen molar-refractivity contribution in [2.75, 3.05) is 0 Å². The van der Waals surface area contributed by atoms with E-state index in [-0.39, 0.29) is 22.9 Å². The molecule has 0 aromatic heterocycles. The molecular formula is C20H22O3. The molecule has 1 aromatic rings. The summed E-state index contributed by atoms with van der Waals surface area (Å²) in [5, 5.41) is 0. The summed E-state index contributed by atoms with van der Waals surface area (Å²) in [7, 11) is 0. The van der Waals surface area contributed by atoms with Gasteiger partial charge < -0.3 is 4.74 Å². The lowest BCUT2D eigenvalue weighted by Crippen LogP contribution is -2.39. The van der Waals surface area contributed by atoms with Crippen molar-refractivity contribution < 1.29 is 14.3 Å². The number of hydrogen-bond acceptors (Lipinski definition) is 3. The number of carbonyl (C=O) groups is 2. The maximum absolute atomic E-state index is 12.9. The fraction of sp³-hybridized carbons (Fsp3) is 0.500.